The molecular formula is C13H21N5O. The number of hydrogen-bond donors (Lipinski definition) is 3. The van der Waals surface area contributed by atoms with Crippen LogP contribution in [0.15, 0.2) is 12.1 Å². The first-order valence-corrected chi connectivity index (χ1v) is 6.86. The van der Waals surface area contributed by atoms with Crippen LogP contribution in [0.3, 0.4) is 0 Å². The Labute approximate surface area is 113 Å². The summed E-state index contributed by atoms with van der Waals surface area (Å²) in [5.41, 5.74) is 0.354. The quantitative estimate of drug-likeness (QED) is 0.702. The molecule has 2 rings (SSSR count). The molecule has 3 N–H and O–H groups in total. The fraction of sp³-hybridized carbons (Fsp3) is 0.615. The number of hydrogen-bond acceptors (Lipinski definition) is 5. The van der Waals surface area contributed by atoms with E-state index in [0.717, 1.165) is 37.8 Å². The highest BCUT2D eigenvalue weighted by Gasteiger charge is 2.13. The fourth-order valence-corrected chi connectivity index (χ4v) is 2.16. The van der Waals surface area contributed by atoms with E-state index in [1.165, 1.54) is 6.42 Å². The third kappa shape index (κ3) is 4.17. The van der Waals surface area contributed by atoms with Crippen LogP contribution in [-0.2, 0) is 0 Å². The van der Waals surface area contributed by atoms with Crippen molar-refractivity contribution in [3.63, 3.8) is 0 Å². The SMILES string of the molecule is CCNC(=O)c1ccc(NCCC2CCNC2)nn1. The topological polar surface area (TPSA) is 78.9 Å². The van der Waals surface area contributed by atoms with Gasteiger partial charge < -0.3 is 16.0 Å². The summed E-state index contributed by atoms with van der Waals surface area (Å²) in [5, 5.41) is 17.2. The molecule has 0 saturated carbocycles. The van der Waals surface area contributed by atoms with Crippen molar-refractivity contribution in [3.8, 4) is 0 Å². The van der Waals surface area contributed by atoms with Crippen LogP contribution in [0, 0.1) is 5.92 Å². The Bertz CT molecular complexity index is 400. The zero-order valence-electron chi connectivity index (χ0n) is 11.3. The van der Waals surface area contributed by atoms with E-state index in [4.69, 9.17) is 0 Å². The van der Waals surface area contributed by atoms with Gasteiger partial charge in [0.05, 0.1) is 0 Å². The highest BCUT2D eigenvalue weighted by Crippen LogP contribution is 2.12. The third-order valence-corrected chi connectivity index (χ3v) is 3.26. The van der Waals surface area contributed by atoms with E-state index < -0.39 is 0 Å². The van der Waals surface area contributed by atoms with Crippen molar-refractivity contribution in [3.05, 3.63) is 17.8 Å². The third-order valence-electron chi connectivity index (χ3n) is 3.26. The molecule has 6 heteroatoms. The average Bonchev–Trinajstić information content (AvgIpc) is 2.93. The molecule has 0 aliphatic carbocycles. The van der Waals surface area contributed by atoms with E-state index >= 15 is 0 Å². The minimum atomic E-state index is -0.182. The van der Waals surface area contributed by atoms with Gasteiger partial charge in [-0.2, -0.15) is 0 Å². The lowest BCUT2D eigenvalue weighted by molar-refractivity contribution is 0.0950. The second-order valence-corrected chi connectivity index (χ2v) is 4.74. The van der Waals surface area contributed by atoms with Gasteiger partial charge >= 0.3 is 0 Å². The number of carbonyl (C=O) groups excluding carboxylic acids is 1. The molecule has 1 aliphatic heterocycles. The van der Waals surface area contributed by atoms with Crippen molar-refractivity contribution in [2.75, 3.05) is 31.5 Å². The van der Waals surface area contributed by atoms with Crippen LogP contribution >= 0.6 is 0 Å². The number of amides is 1. The van der Waals surface area contributed by atoms with E-state index in [2.05, 4.69) is 26.1 Å². The highest BCUT2D eigenvalue weighted by atomic mass is 16.1. The van der Waals surface area contributed by atoms with Crippen LogP contribution in [0.25, 0.3) is 0 Å². The minimum absolute atomic E-state index is 0.182. The first-order valence-electron chi connectivity index (χ1n) is 6.86. The molecule has 1 aromatic rings. The van der Waals surface area contributed by atoms with E-state index in [0.29, 0.717) is 12.2 Å². The van der Waals surface area contributed by atoms with Crippen molar-refractivity contribution >= 4 is 11.7 Å². The highest BCUT2D eigenvalue weighted by molar-refractivity contribution is 5.92. The van der Waals surface area contributed by atoms with E-state index in [-0.39, 0.29) is 5.91 Å². The lowest BCUT2D eigenvalue weighted by Gasteiger charge is -2.09. The molecule has 104 valence electrons. The van der Waals surface area contributed by atoms with Crippen molar-refractivity contribution in [2.45, 2.75) is 19.8 Å². The monoisotopic (exact) mass is 263 g/mol. The number of rotatable bonds is 6. The Morgan fingerprint density at radius 3 is 3.00 bits per heavy atom. The van der Waals surface area contributed by atoms with E-state index in [1.54, 1.807) is 12.1 Å². The van der Waals surface area contributed by atoms with E-state index in [1.807, 2.05) is 6.92 Å². The summed E-state index contributed by atoms with van der Waals surface area (Å²) in [6.07, 6.45) is 2.39. The van der Waals surface area contributed by atoms with Crippen LogP contribution in [-0.4, -0.2) is 42.3 Å². The Balaban J connectivity index is 1.76. The first kappa shape index (κ1) is 13.7. The summed E-state index contributed by atoms with van der Waals surface area (Å²) in [6.45, 7) is 5.60. The number of nitrogens with zero attached hydrogens (tertiary/aromatic N) is 2. The number of nitrogens with one attached hydrogen (secondary N) is 3. The average molecular weight is 263 g/mol. The summed E-state index contributed by atoms with van der Waals surface area (Å²) >= 11 is 0. The van der Waals surface area contributed by atoms with Gasteiger partial charge in [0.2, 0.25) is 0 Å². The second kappa shape index (κ2) is 7.04. The van der Waals surface area contributed by atoms with Crippen LogP contribution in [0.2, 0.25) is 0 Å². The van der Waals surface area contributed by atoms with Crippen molar-refractivity contribution in [1.29, 1.82) is 0 Å². The van der Waals surface area contributed by atoms with Gasteiger partial charge in [-0.3, -0.25) is 4.79 Å². The summed E-state index contributed by atoms with van der Waals surface area (Å²) in [4.78, 5) is 11.5. The maximum Gasteiger partial charge on any atom is 0.271 e. The second-order valence-electron chi connectivity index (χ2n) is 4.74. The molecular weight excluding hydrogens is 242 g/mol. The first-order chi connectivity index (χ1) is 9.29. The van der Waals surface area contributed by atoms with Crippen LogP contribution in [0.5, 0.6) is 0 Å². The fourth-order valence-electron chi connectivity index (χ4n) is 2.16. The minimum Gasteiger partial charge on any atom is -0.369 e. The maximum atomic E-state index is 11.5. The van der Waals surface area contributed by atoms with Gasteiger partial charge in [-0.15, -0.1) is 10.2 Å². The number of carbonyl (C=O) groups is 1. The Morgan fingerprint density at radius 1 is 1.47 bits per heavy atom. The molecule has 0 spiro atoms. The summed E-state index contributed by atoms with van der Waals surface area (Å²) in [7, 11) is 0. The molecule has 0 bridgehead atoms. The van der Waals surface area contributed by atoms with Crippen molar-refractivity contribution in [1.82, 2.24) is 20.8 Å². The zero-order chi connectivity index (χ0) is 13.5. The largest absolute Gasteiger partial charge is 0.369 e. The molecule has 6 nitrogen and oxygen atoms in total. The van der Waals surface area contributed by atoms with Crippen LogP contribution in [0.1, 0.15) is 30.3 Å². The Morgan fingerprint density at radius 2 is 2.37 bits per heavy atom. The molecule has 1 unspecified atom stereocenters. The van der Waals surface area contributed by atoms with E-state index in [9.17, 15) is 4.79 Å². The number of aromatic nitrogens is 2. The molecule has 1 saturated heterocycles. The summed E-state index contributed by atoms with van der Waals surface area (Å²) < 4.78 is 0. The van der Waals surface area contributed by atoms with Gasteiger partial charge in [-0.05, 0) is 50.9 Å². The Kier molecular flexibility index (Phi) is 5.09. The van der Waals surface area contributed by atoms with Gasteiger partial charge in [0.15, 0.2) is 5.69 Å². The number of anilines is 1. The molecule has 19 heavy (non-hydrogen) atoms. The molecule has 1 atom stereocenters. The van der Waals surface area contributed by atoms with Crippen molar-refractivity contribution in [2.24, 2.45) is 5.92 Å². The lowest BCUT2D eigenvalue weighted by Crippen LogP contribution is -2.24. The molecule has 1 aliphatic rings. The van der Waals surface area contributed by atoms with Crippen LogP contribution < -0.4 is 16.0 Å². The van der Waals surface area contributed by atoms with Gasteiger partial charge in [0.1, 0.15) is 5.82 Å². The van der Waals surface area contributed by atoms with Gasteiger partial charge in [0, 0.05) is 13.1 Å². The molecule has 1 aromatic heterocycles. The molecule has 2 heterocycles. The van der Waals surface area contributed by atoms with Gasteiger partial charge in [-0.25, -0.2) is 0 Å². The lowest BCUT2D eigenvalue weighted by atomic mass is 10.1. The van der Waals surface area contributed by atoms with Crippen LogP contribution in [0.4, 0.5) is 5.82 Å². The smallest absolute Gasteiger partial charge is 0.271 e. The Hall–Kier alpha value is -1.69. The predicted octanol–water partition coefficient (Wildman–Crippen LogP) is 0.638. The van der Waals surface area contributed by atoms with Crippen molar-refractivity contribution < 1.29 is 4.79 Å². The predicted molar refractivity (Wildman–Crippen MR) is 74.1 cm³/mol. The summed E-state index contributed by atoms with van der Waals surface area (Å²) in [6, 6.07) is 3.49. The zero-order valence-corrected chi connectivity index (χ0v) is 11.3. The molecule has 1 fully saturated rings. The van der Waals surface area contributed by atoms with Gasteiger partial charge in [-0.1, -0.05) is 0 Å². The normalized spacial score (nSPS) is 18.3. The maximum absolute atomic E-state index is 11.5. The molecule has 0 aromatic carbocycles. The van der Waals surface area contributed by atoms with Gasteiger partial charge in [0.25, 0.3) is 5.91 Å². The molecule has 0 radical (unpaired) electrons. The summed E-state index contributed by atoms with van der Waals surface area (Å²) in [5.74, 6) is 1.30. The molecule has 1 amide bonds. The standard InChI is InChI=1S/C13H21N5O/c1-2-15-13(19)11-3-4-12(18-17-11)16-8-6-10-5-7-14-9-10/h3-4,10,14H,2,5-9H2,1H3,(H,15,19)(H,16,18).